The predicted octanol–water partition coefficient (Wildman–Crippen LogP) is 4.87. The SMILES string of the molecule is COc1ccc(-c2nc(SC(C)C(=O)Nc3nc(-c4ccc(F)cc4)cs3)n[nH]2)c(OC)c1. The zero-order chi connectivity index (χ0) is 23.4. The van der Waals surface area contributed by atoms with E-state index in [-0.39, 0.29) is 11.7 Å². The fourth-order valence-corrected chi connectivity index (χ4v) is 4.36. The van der Waals surface area contributed by atoms with Crippen molar-refractivity contribution in [2.75, 3.05) is 19.5 Å². The number of nitrogens with zero attached hydrogens (tertiary/aromatic N) is 3. The van der Waals surface area contributed by atoms with Gasteiger partial charge in [-0.2, -0.15) is 0 Å². The van der Waals surface area contributed by atoms with Crippen LogP contribution in [0.1, 0.15) is 6.92 Å². The van der Waals surface area contributed by atoms with E-state index < -0.39 is 5.25 Å². The molecule has 1 amide bonds. The predicted molar refractivity (Wildman–Crippen MR) is 126 cm³/mol. The van der Waals surface area contributed by atoms with Crippen LogP contribution in [0.5, 0.6) is 11.5 Å². The number of benzene rings is 2. The molecule has 0 saturated heterocycles. The second kappa shape index (κ2) is 10.0. The van der Waals surface area contributed by atoms with Gasteiger partial charge in [0.25, 0.3) is 0 Å². The van der Waals surface area contributed by atoms with Crippen LogP contribution in [-0.4, -0.2) is 45.5 Å². The first kappa shape index (κ1) is 22.7. The molecule has 0 spiro atoms. The topological polar surface area (TPSA) is 102 Å². The van der Waals surface area contributed by atoms with E-state index in [1.807, 2.05) is 11.4 Å². The molecule has 0 aliphatic heterocycles. The van der Waals surface area contributed by atoms with Crippen LogP contribution in [0.2, 0.25) is 0 Å². The fourth-order valence-electron chi connectivity index (χ4n) is 2.92. The number of thiazole rings is 1. The summed E-state index contributed by atoms with van der Waals surface area (Å²) < 4.78 is 23.7. The molecule has 33 heavy (non-hydrogen) atoms. The summed E-state index contributed by atoms with van der Waals surface area (Å²) in [5, 5.41) is 12.1. The highest BCUT2D eigenvalue weighted by molar-refractivity contribution is 8.00. The summed E-state index contributed by atoms with van der Waals surface area (Å²) >= 11 is 2.52. The quantitative estimate of drug-likeness (QED) is 0.343. The lowest BCUT2D eigenvalue weighted by atomic mass is 10.2. The smallest absolute Gasteiger partial charge is 0.239 e. The number of rotatable bonds is 8. The molecule has 1 atom stereocenters. The molecule has 0 fully saturated rings. The number of nitrogens with one attached hydrogen (secondary N) is 2. The van der Waals surface area contributed by atoms with Gasteiger partial charge in [-0.1, -0.05) is 11.8 Å². The number of H-pyrrole nitrogens is 1. The van der Waals surface area contributed by atoms with Gasteiger partial charge in [0.1, 0.15) is 17.3 Å². The van der Waals surface area contributed by atoms with Gasteiger partial charge in [0.15, 0.2) is 11.0 Å². The molecule has 4 rings (SSSR count). The first-order valence-electron chi connectivity index (χ1n) is 9.80. The zero-order valence-corrected chi connectivity index (χ0v) is 19.6. The number of carbonyl (C=O) groups excluding carboxylic acids is 1. The molecule has 170 valence electrons. The van der Waals surface area contributed by atoms with Gasteiger partial charge in [-0.15, -0.1) is 16.4 Å². The lowest BCUT2D eigenvalue weighted by Crippen LogP contribution is -2.22. The summed E-state index contributed by atoms with van der Waals surface area (Å²) in [7, 11) is 3.15. The molecule has 0 bridgehead atoms. The Morgan fingerprint density at radius 3 is 2.67 bits per heavy atom. The molecule has 2 aromatic heterocycles. The Labute approximate surface area is 197 Å². The van der Waals surface area contributed by atoms with Crippen molar-refractivity contribution in [3.63, 3.8) is 0 Å². The highest BCUT2D eigenvalue weighted by Gasteiger charge is 2.20. The van der Waals surface area contributed by atoms with E-state index in [1.165, 1.54) is 35.2 Å². The lowest BCUT2D eigenvalue weighted by Gasteiger charge is -2.08. The number of aromatic nitrogens is 4. The number of aromatic amines is 1. The van der Waals surface area contributed by atoms with Gasteiger partial charge in [0.2, 0.25) is 11.1 Å². The molecule has 1 unspecified atom stereocenters. The zero-order valence-electron chi connectivity index (χ0n) is 18.0. The monoisotopic (exact) mass is 485 g/mol. The molecule has 4 aromatic rings. The number of amides is 1. The summed E-state index contributed by atoms with van der Waals surface area (Å²) in [6, 6.07) is 11.4. The van der Waals surface area contributed by atoms with Crippen molar-refractivity contribution >= 4 is 34.1 Å². The Morgan fingerprint density at radius 1 is 1.15 bits per heavy atom. The van der Waals surface area contributed by atoms with Crippen molar-refractivity contribution in [3.8, 4) is 34.1 Å². The van der Waals surface area contributed by atoms with Crippen LogP contribution in [-0.2, 0) is 4.79 Å². The molecule has 0 radical (unpaired) electrons. The Morgan fingerprint density at radius 2 is 1.94 bits per heavy atom. The molecular weight excluding hydrogens is 465 g/mol. The minimum atomic E-state index is -0.468. The number of hydrogen-bond donors (Lipinski definition) is 2. The third-order valence-electron chi connectivity index (χ3n) is 4.65. The van der Waals surface area contributed by atoms with Crippen LogP contribution in [0.25, 0.3) is 22.6 Å². The Hall–Kier alpha value is -3.44. The second-order valence-electron chi connectivity index (χ2n) is 6.83. The Kier molecular flexibility index (Phi) is 6.90. The maximum atomic E-state index is 13.1. The summed E-state index contributed by atoms with van der Waals surface area (Å²) in [4.78, 5) is 21.5. The van der Waals surface area contributed by atoms with Gasteiger partial charge in [-0.3, -0.25) is 9.89 Å². The maximum Gasteiger partial charge on any atom is 0.239 e. The number of ether oxygens (including phenoxy) is 2. The van der Waals surface area contributed by atoms with Gasteiger partial charge in [0.05, 0.1) is 30.7 Å². The fraction of sp³-hybridized carbons (Fsp3) is 0.182. The van der Waals surface area contributed by atoms with Crippen molar-refractivity contribution in [2.24, 2.45) is 0 Å². The highest BCUT2D eigenvalue weighted by atomic mass is 32.2. The van der Waals surface area contributed by atoms with E-state index in [1.54, 1.807) is 45.4 Å². The largest absolute Gasteiger partial charge is 0.497 e. The molecule has 11 heteroatoms. The van der Waals surface area contributed by atoms with Crippen molar-refractivity contribution in [1.29, 1.82) is 0 Å². The van der Waals surface area contributed by atoms with Crippen LogP contribution >= 0.6 is 23.1 Å². The number of hydrogen-bond acceptors (Lipinski definition) is 8. The van der Waals surface area contributed by atoms with Crippen molar-refractivity contribution in [1.82, 2.24) is 20.2 Å². The number of methoxy groups -OCH3 is 2. The first-order valence-corrected chi connectivity index (χ1v) is 11.6. The molecule has 0 aliphatic carbocycles. The minimum Gasteiger partial charge on any atom is -0.497 e. The first-order chi connectivity index (χ1) is 16.0. The lowest BCUT2D eigenvalue weighted by molar-refractivity contribution is -0.115. The minimum absolute atomic E-state index is 0.228. The summed E-state index contributed by atoms with van der Waals surface area (Å²) in [6.45, 7) is 1.76. The van der Waals surface area contributed by atoms with Crippen LogP contribution < -0.4 is 14.8 Å². The average Bonchev–Trinajstić information content (AvgIpc) is 3.49. The van der Waals surface area contributed by atoms with Crippen molar-refractivity contribution in [3.05, 3.63) is 53.7 Å². The standard InChI is InChI=1S/C22H20FN5O3S2/c1-12(20(29)26-21-24-17(11-32-21)13-4-6-14(23)7-5-13)33-22-25-19(27-28-22)16-9-8-15(30-2)10-18(16)31-3/h4-12H,1-3H3,(H,24,26,29)(H,25,27,28). The van der Waals surface area contributed by atoms with Crippen LogP contribution in [0, 0.1) is 5.82 Å². The highest BCUT2D eigenvalue weighted by Crippen LogP contribution is 2.33. The molecule has 0 saturated carbocycles. The molecular formula is C22H20FN5O3S2. The number of halogens is 1. The van der Waals surface area contributed by atoms with Gasteiger partial charge < -0.3 is 14.8 Å². The van der Waals surface area contributed by atoms with Crippen LogP contribution in [0.15, 0.2) is 53.0 Å². The van der Waals surface area contributed by atoms with Gasteiger partial charge in [-0.25, -0.2) is 14.4 Å². The summed E-state index contributed by atoms with van der Waals surface area (Å²) in [5.41, 5.74) is 2.17. The van der Waals surface area contributed by atoms with E-state index in [0.29, 0.717) is 33.3 Å². The van der Waals surface area contributed by atoms with Gasteiger partial charge in [-0.05, 0) is 43.3 Å². The molecule has 8 nitrogen and oxygen atoms in total. The Bertz CT molecular complexity index is 1260. The molecule has 2 heterocycles. The number of carbonyl (C=O) groups is 1. The average molecular weight is 486 g/mol. The van der Waals surface area contributed by atoms with E-state index in [9.17, 15) is 9.18 Å². The summed E-state index contributed by atoms with van der Waals surface area (Å²) in [5.74, 6) is 1.24. The van der Waals surface area contributed by atoms with E-state index in [4.69, 9.17) is 9.47 Å². The number of thioether (sulfide) groups is 1. The van der Waals surface area contributed by atoms with Crippen molar-refractivity contribution in [2.45, 2.75) is 17.3 Å². The number of anilines is 1. The molecule has 0 aliphatic rings. The van der Waals surface area contributed by atoms with Crippen LogP contribution in [0.3, 0.4) is 0 Å². The second-order valence-corrected chi connectivity index (χ2v) is 8.99. The van der Waals surface area contributed by atoms with Gasteiger partial charge >= 0.3 is 0 Å². The summed E-state index contributed by atoms with van der Waals surface area (Å²) in [6.07, 6.45) is 0. The maximum absolute atomic E-state index is 13.1. The van der Waals surface area contributed by atoms with Crippen LogP contribution in [0.4, 0.5) is 9.52 Å². The van der Waals surface area contributed by atoms with E-state index in [0.717, 1.165) is 11.1 Å². The Balaban J connectivity index is 1.40. The third-order valence-corrected chi connectivity index (χ3v) is 6.37. The third kappa shape index (κ3) is 5.32. The molecule has 2 aromatic carbocycles. The molecule has 2 N–H and O–H groups in total. The van der Waals surface area contributed by atoms with Crippen molar-refractivity contribution < 1.29 is 18.7 Å². The van der Waals surface area contributed by atoms with E-state index in [2.05, 4.69) is 25.5 Å². The van der Waals surface area contributed by atoms with E-state index >= 15 is 0 Å². The normalized spacial score (nSPS) is 11.8. The van der Waals surface area contributed by atoms with Gasteiger partial charge in [0, 0.05) is 17.0 Å².